The Morgan fingerprint density at radius 2 is 0.771 bits per heavy atom. The highest BCUT2D eigenvalue weighted by Gasteiger charge is 2.59. The smallest absolute Gasteiger partial charge is 0.391 e. The van der Waals surface area contributed by atoms with Gasteiger partial charge in [0.1, 0.15) is 24.4 Å². The Labute approximate surface area is 287 Å². The average molecular weight is 765 g/mol. The second-order valence-corrected chi connectivity index (χ2v) is 23.6. The predicted octanol–water partition coefficient (Wildman–Crippen LogP) is -0.0701. The van der Waals surface area contributed by atoms with Gasteiger partial charge in [-0.05, 0) is 25.7 Å². The summed E-state index contributed by atoms with van der Waals surface area (Å²) >= 11 is 0. The Kier molecular flexibility index (Phi) is 17.4. The predicted molar refractivity (Wildman–Crippen MR) is 174 cm³/mol. The Balaban J connectivity index is 1.43. The van der Waals surface area contributed by atoms with Crippen LogP contribution in [0.15, 0.2) is 0 Å². The summed E-state index contributed by atoms with van der Waals surface area (Å²) in [6, 6.07) is 0.452. The molecule has 4 aliphatic rings. The maximum Gasteiger partial charge on any atom is 0.490 e. The monoisotopic (exact) mass is 764 g/mol. The minimum absolute atomic E-state index is 0.00768. The second-order valence-electron chi connectivity index (χ2n) is 12.3. The van der Waals surface area contributed by atoms with E-state index in [1.165, 1.54) is 21.3 Å². The zero-order valence-electron chi connectivity index (χ0n) is 28.5. The largest absolute Gasteiger partial charge is 0.490 e. The molecule has 4 rings (SSSR count). The minimum Gasteiger partial charge on any atom is -0.391 e. The molecule has 0 amide bonds. The van der Waals surface area contributed by atoms with Crippen molar-refractivity contribution >= 4 is 35.2 Å². The highest BCUT2D eigenvalue weighted by Crippen LogP contribution is 2.32. The summed E-state index contributed by atoms with van der Waals surface area (Å²) in [5.74, 6) is 0. The molecule has 17 nitrogen and oxygen atoms in total. The van der Waals surface area contributed by atoms with Gasteiger partial charge in [-0.1, -0.05) is 0 Å². The van der Waals surface area contributed by atoms with Crippen molar-refractivity contribution in [2.24, 2.45) is 0 Å². The van der Waals surface area contributed by atoms with Crippen LogP contribution in [-0.2, 0) is 63.5 Å². The van der Waals surface area contributed by atoms with E-state index in [1.807, 2.05) is 0 Å². The molecule has 0 spiro atoms. The maximum atomic E-state index is 12.2. The normalized spacial score (nSPS) is 27.9. The molecule has 0 aromatic heterocycles. The Morgan fingerprint density at radius 1 is 0.458 bits per heavy atom. The van der Waals surface area contributed by atoms with E-state index in [0.717, 1.165) is 0 Å². The van der Waals surface area contributed by atoms with Crippen molar-refractivity contribution in [1.29, 1.82) is 0 Å². The first-order valence-electron chi connectivity index (χ1n) is 16.8. The lowest BCUT2D eigenvalue weighted by Gasteiger charge is -2.40. The molecule has 8 unspecified atom stereocenters. The highest BCUT2D eigenvalue weighted by molar-refractivity contribution is 6.83. The van der Waals surface area contributed by atoms with E-state index in [4.69, 9.17) is 63.5 Å². The average Bonchev–Trinajstić information content (AvgIpc) is 3.88. The van der Waals surface area contributed by atoms with E-state index in [1.54, 1.807) is 0 Å². The standard InChI is InChI=1S/C27H56O17Si4/c1-31-45(28,12-4-8-34-16-24-20-38-24)42-47(30,14-6-10-36-18-26-22-40-26)44-48(33-3,15-7-11-37-19-27-23-41-27)43-46(29,32-2)13-5-9-35-17-25-21-39-25/h24-30H,4-23H2,1-3H3. The zero-order chi connectivity index (χ0) is 34.4. The first-order chi connectivity index (χ1) is 23.1. The first-order valence-corrected chi connectivity index (χ1v) is 24.7. The molecule has 4 heterocycles. The van der Waals surface area contributed by atoms with Crippen LogP contribution >= 0.6 is 0 Å². The molecule has 0 aliphatic carbocycles. The van der Waals surface area contributed by atoms with Gasteiger partial charge in [0.2, 0.25) is 0 Å². The van der Waals surface area contributed by atoms with Gasteiger partial charge >= 0.3 is 35.2 Å². The Hall–Kier alpha value is 0.188. The summed E-state index contributed by atoms with van der Waals surface area (Å²) in [5, 5.41) is 0. The zero-order valence-corrected chi connectivity index (χ0v) is 32.5. The van der Waals surface area contributed by atoms with Crippen LogP contribution in [0, 0.1) is 0 Å². The SMILES string of the molecule is CO[Si](O)(CCCOCC1CO1)O[Si](O)(CCCOCC1CO1)O[Si](CCCOCC1CO1)(OC)O[Si](O)(CCCOCC1CO1)OC. The van der Waals surface area contributed by atoms with Gasteiger partial charge in [0.25, 0.3) is 0 Å². The van der Waals surface area contributed by atoms with Crippen LogP contribution in [0.1, 0.15) is 25.7 Å². The minimum atomic E-state index is -4.36. The molecule has 0 bridgehead atoms. The number of hydrogen-bond donors (Lipinski definition) is 3. The van der Waals surface area contributed by atoms with E-state index in [0.29, 0.717) is 105 Å². The van der Waals surface area contributed by atoms with Gasteiger partial charge in [0.15, 0.2) is 0 Å². The molecule has 0 radical (unpaired) electrons. The number of epoxide rings is 4. The van der Waals surface area contributed by atoms with E-state index in [9.17, 15) is 14.4 Å². The quantitative estimate of drug-likeness (QED) is 0.0455. The summed E-state index contributed by atoms with van der Waals surface area (Å²) in [6.07, 6.45) is 2.10. The summed E-state index contributed by atoms with van der Waals surface area (Å²) in [5.41, 5.74) is 0. The molecule has 48 heavy (non-hydrogen) atoms. The van der Waals surface area contributed by atoms with Gasteiger partial charge in [0.05, 0.1) is 52.9 Å². The van der Waals surface area contributed by atoms with Crippen LogP contribution in [-0.4, -0.2) is 175 Å². The van der Waals surface area contributed by atoms with Crippen molar-refractivity contribution in [1.82, 2.24) is 0 Å². The molecule has 8 atom stereocenters. The number of hydrogen-bond acceptors (Lipinski definition) is 17. The van der Waals surface area contributed by atoms with E-state index < -0.39 is 35.2 Å². The van der Waals surface area contributed by atoms with Crippen LogP contribution in [0.25, 0.3) is 0 Å². The summed E-state index contributed by atoms with van der Waals surface area (Å²) < 4.78 is 79.5. The molecule has 0 aromatic carbocycles. The Bertz CT molecular complexity index is 904. The first kappa shape index (κ1) is 41.0. The molecular formula is C27H56O17Si4. The van der Waals surface area contributed by atoms with Gasteiger partial charge in [-0.2, -0.15) is 0 Å². The topological polar surface area (TPSA) is 203 Å². The lowest BCUT2D eigenvalue weighted by atomic mass is 10.5. The fraction of sp³-hybridized carbons (Fsp3) is 1.00. The third kappa shape index (κ3) is 16.7. The van der Waals surface area contributed by atoms with E-state index >= 15 is 0 Å². The van der Waals surface area contributed by atoms with Crippen molar-refractivity contribution in [3.63, 3.8) is 0 Å². The molecule has 3 N–H and O–H groups in total. The van der Waals surface area contributed by atoms with Crippen LogP contribution in [0.5, 0.6) is 0 Å². The number of rotatable bonds is 33. The van der Waals surface area contributed by atoms with Gasteiger partial charge in [-0.3, -0.25) is 0 Å². The molecule has 0 aromatic rings. The summed E-state index contributed by atoms with van der Waals surface area (Å²) in [7, 11) is -12.1. The molecule has 4 aliphatic heterocycles. The molecule has 282 valence electrons. The van der Waals surface area contributed by atoms with Crippen LogP contribution in [0.2, 0.25) is 24.2 Å². The van der Waals surface area contributed by atoms with Crippen molar-refractivity contribution < 1.29 is 77.9 Å². The third-order valence-electron chi connectivity index (χ3n) is 7.84. The van der Waals surface area contributed by atoms with Gasteiger partial charge in [0, 0.05) is 71.9 Å². The van der Waals surface area contributed by atoms with Gasteiger partial charge < -0.3 is 77.9 Å². The van der Waals surface area contributed by atoms with Crippen molar-refractivity contribution in [3.05, 3.63) is 0 Å². The maximum absolute atomic E-state index is 12.2. The van der Waals surface area contributed by atoms with E-state index in [2.05, 4.69) is 0 Å². The van der Waals surface area contributed by atoms with Crippen LogP contribution < -0.4 is 0 Å². The molecule has 0 saturated carbocycles. The van der Waals surface area contributed by atoms with Crippen molar-refractivity contribution in [2.75, 3.05) is 101 Å². The molecule has 21 heteroatoms. The van der Waals surface area contributed by atoms with Gasteiger partial charge in [-0.25, -0.2) is 0 Å². The van der Waals surface area contributed by atoms with Crippen LogP contribution in [0.3, 0.4) is 0 Å². The second kappa shape index (κ2) is 20.4. The fourth-order valence-electron chi connectivity index (χ4n) is 4.66. The lowest BCUT2D eigenvalue weighted by Crippen LogP contribution is -2.65. The fourth-order valence-corrected chi connectivity index (χ4v) is 18.4. The molecule has 4 fully saturated rings. The number of ether oxygens (including phenoxy) is 8. The highest BCUT2D eigenvalue weighted by atomic mass is 28.5. The molecule has 4 saturated heterocycles. The summed E-state index contributed by atoms with van der Waals surface area (Å²) in [4.78, 5) is 35.2. The lowest BCUT2D eigenvalue weighted by molar-refractivity contribution is 0.0696. The van der Waals surface area contributed by atoms with Crippen LogP contribution in [0.4, 0.5) is 0 Å². The third-order valence-corrected chi connectivity index (χ3v) is 21.2. The summed E-state index contributed by atoms with van der Waals surface area (Å²) in [6.45, 7) is 5.96. The van der Waals surface area contributed by atoms with Crippen molar-refractivity contribution in [3.8, 4) is 0 Å². The Morgan fingerprint density at radius 3 is 1.10 bits per heavy atom. The van der Waals surface area contributed by atoms with E-state index in [-0.39, 0.29) is 48.6 Å². The van der Waals surface area contributed by atoms with Crippen molar-refractivity contribution in [2.45, 2.75) is 74.3 Å². The van der Waals surface area contributed by atoms with Gasteiger partial charge in [-0.15, -0.1) is 0 Å². The molecular weight excluding hydrogens is 709 g/mol.